The molecule has 0 saturated carbocycles. The molecule has 0 amide bonds. The topological polar surface area (TPSA) is 8.17 Å². The molecule has 0 radical (unpaired) electrons. The molecule has 56 heavy (non-hydrogen) atoms. The molecule has 10 aromatic rings. The average Bonchev–Trinajstić information content (AvgIpc) is 3.74. The van der Waals surface area contributed by atoms with Gasteiger partial charge in [0, 0.05) is 33.5 Å². The first kappa shape index (κ1) is 32.2. The van der Waals surface area contributed by atoms with Crippen LogP contribution in [0, 0.1) is 5.82 Å². The summed E-state index contributed by atoms with van der Waals surface area (Å²) in [6.07, 6.45) is 0. The Hall–Kier alpha value is -7.23. The molecule has 0 saturated heterocycles. The van der Waals surface area contributed by atoms with Crippen LogP contribution in [0.2, 0.25) is 0 Å². The Morgan fingerprint density at radius 1 is 0.393 bits per heavy atom. The predicted octanol–water partition coefficient (Wildman–Crippen LogP) is 13.9. The molecule has 1 aliphatic carbocycles. The van der Waals surface area contributed by atoms with E-state index in [0.29, 0.717) is 0 Å². The number of benzene rings is 9. The van der Waals surface area contributed by atoms with E-state index in [-0.39, 0.29) is 5.82 Å². The normalized spacial score (nSPS) is 12.9. The second-order valence-corrected chi connectivity index (χ2v) is 14.7. The van der Waals surface area contributed by atoms with Crippen molar-refractivity contribution in [2.75, 3.05) is 4.90 Å². The third-order valence-electron chi connectivity index (χ3n) is 11.7. The monoisotopic (exact) mass is 718 g/mol. The zero-order valence-corrected chi connectivity index (χ0v) is 30.5. The lowest BCUT2D eigenvalue weighted by molar-refractivity contribution is 0.627. The molecule has 0 unspecified atom stereocenters. The van der Waals surface area contributed by atoms with E-state index in [1.807, 2.05) is 12.1 Å². The minimum atomic E-state index is -0.561. The Labute approximate surface area is 325 Å². The highest BCUT2D eigenvalue weighted by molar-refractivity contribution is 6.10. The van der Waals surface area contributed by atoms with Gasteiger partial charge in [0.05, 0.1) is 16.4 Å². The van der Waals surface area contributed by atoms with E-state index in [9.17, 15) is 4.39 Å². The molecule has 0 atom stereocenters. The summed E-state index contributed by atoms with van der Waals surface area (Å²) in [6, 6.07) is 75.1. The van der Waals surface area contributed by atoms with E-state index in [0.717, 1.165) is 44.6 Å². The summed E-state index contributed by atoms with van der Waals surface area (Å²) in [5.74, 6) is -0.251. The molecule has 9 aromatic carbocycles. The summed E-state index contributed by atoms with van der Waals surface area (Å²) in [5.41, 5.74) is 13.1. The van der Waals surface area contributed by atoms with Crippen LogP contribution in [-0.2, 0) is 5.41 Å². The molecule has 0 aliphatic heterocycles. The fraction of sp³-hybridized carbons (Fsp3) is 0.0189. The highest BCUT2D eigenvalue weighted by Crippen LogP contribution is 2.58. The first-order valence-corrected chi connectivity index (χ1v) is 19.1. The number of fused-ring (bicyclic) bond motifs is 7. The smallest absolute Gasteiger partial charge is 0.123 e. The van der Waals surface area contributed by atoms with E-state index in [1.165, 1.54) is 56.3 Å². The summed E-state index contributed by atoms with van der Waals surface area (Å²) in [4.78, 5) is 2.37. The van der Waals surface area contributed by atoms with E-state index in [1.54, 1.807) is 0 Å². The molecular weight excluding hydrogens is 684 g/mol. The Bertz CT molecular complexity index is 3040. The predicted molar refractivity (Wildman–Crippen MR) is 230 cm³/mol. The third-order valence-corrected chi connectivity index (χ3v) is 11.7. The standard InChI is InChI=1S/C53H35FN2/c54-40-24-26-42(27-25-40)56-51-23-13-12-22-46(51)47-31-29-44(35-52(47)56)55(41-20-8-3-9-21-41)43-28-30-45-48-32-36-14-10-11-15-37(36)33-49(48)53(50(45)34-43,38-16-4-1-5-17-38)39-18-6-2-7-19-39/h1-35H. The van der Waals surface area contributed by atoms with Gasteiger partial charge in [-0.1, -0.05) is 133 Å². The fourth-order valence-corrected chi connectivity index (χ4v) is 9.29. The highest BCUT2D eigenvalue weighted by atomic mass is 19.1. The van der Waals surface area contributed by atoms with E-state index < -0.39 is 5.41 Å². The molecule has 0 bridgehead atoms. The largest absolute Gasteiger partial charge is 0.310 e. The Morgan fingerprint density at radius 3 is 1.66 bits per heavy atom. The van der Waals surface area contributed by atoms with Crippen molar-refractivity contribution in [3.8, 4) is 16.8 Å². The fourth-order valence-electron chi connectivity index (χ4n) is 9.29. The maximum absolute atomic E-state index is 14.2. The first-order chi connectivity index (χ1) is 27.7. The minimum absolute atomic E-state index is 0.251. The van der Waals surface area contributed by atoms with Gasteiger partial charge in [0.15, 0.2) is 0 Å². The van der Waals surface area contributed by atoms with Crippen LogP contribution in [0.5, 0.6) is 0 Å². The van der Waals surface area contributed by atoms with Gasteiger partial charge in [-0.15, -0.1) is 0 Å². The summed E-state index contributed by atoms with van der Waals surface area (Å²) in [7, 11) is 0. The minimum Gasteiger partial charge on any atom is -0.310 e. The van der Waals surface area contributed by atoms with Crippen molar-refractivity contribution in [1.29, 1.82) is 0 Å². The zero-order chi connectivity index (χ0) is 37.2. The van der Waals surface area contributed by atoms with Gasteiger partial charge in [-0.25, -0.2) is 4.39 Å². The van der Waals surface area contributed by atoms with Crippen molar-refractivity contribution in [2.45, 2.75) is 5.41 Å². The third kappa shape index (κ3) is 4.81. The van der Waals surface area contributed by atoms with Crippen molar-refractivity contribution >= 4 is 49.6 Å². The van der Waals surface area contributed by atoms with Crippen LogP contribution in [0.4, 0.5) is 21.5 Å². The molecule has 0 fully saturated rings. The molecule has 1 heterocycles. The Morgan fingerprint density at radius 2 is 0.946 bits per heavy atom. The maximum Gasteiger partial charge on any atom is 0.123 e. The lowest BCUT2D eigenvalue weighted by atomic mass is 9.67. The first-order valence-electron chi connectivity index (χ1n) is 19.1. The van der Waals surface area contributed by atoms with Gasteiger partial charge in [-0.3, -0.25) is 0 Å². The van der Waals surface area contributed by atoms with Gasteiger partial charge in [0.1, 0.15) is 5.82 Å². The summed E-state index contributed by atoms with van der Waals surface area (Å²) < 4.78 is 16.5. The van der Waals surface area contributed by atoms with Crippen molar-refractivity contribution in [1.82, 2.24) is 4.57 Å². The number of hydrogen-bond acceptors (Lipinski definition) is 1. The van der Waals surface area contributed by atoms with Gasteiger partial charge in [-0.05, 0) is 123 Å². The quantitative estimate of drug-likeness (QED) is 0.166. The van der Waals surface area contributed by atoms with E-state index >= 15 is 0 Å². The number of halogens is 1. The Balaban J connectivity index is 1.20. The second kappa shape index (κ2) is 12.7. The van der Waals surface area contributed by atoms with E-state index in [2.05, 4.69) is 198 Å². The molecule has 1 aromatic heterocycles. The van der Waals surface area contributed by atoms with Crippen LogP contribution >= 0.6 is 0 Å². The number of nitrogens with zero attached hydrogens (tertiary/aromatic N) is 2. The van der Waals surface area contributed by atoms with Gasteiger partial charge in [-0.2, -0.15) is 0 Å². The van der Waals surface area contributed by atoms with Crippen molar-refractivity contribution < 1.29 is 4.39 Å². The second-order valence-electron chi connectivity index (χ2n) is 14.7. The number of aromatic nitrogens is 1. The molecular formula is C53H35FN2. The molecule has 0 spiro atoms. The summed E-state index contributed by atoms with van der Waals surface area (Å²) in [5, 5.41) is 4.76. The molecule has 11 rings (SSSR count). The van der Waals surface area contributed by atoms with Crippen LogP contribution in [0.1, 0.15) is 22.3 Å². The molecule has 2 nitrogen and oxygen atoms in total. The van der Waals surface area contributed by atoms with Gasteiger partial charge in [0.25, 0.3) is 0 Å². The van der Waals surface area contributed by atoms with E-state index in [4.69, 9.17) is 0 Å². The van der Waals surface area contributed by atoms with Crippen LogP contribution in [0.25, 0.3) is 49.4 Å². The molecule has 3 heteroatoms. The van der Waals surface area contributed by atoms with Crippen LogP contribution in [-0.4, -0.2) is 4.57 Å². The lowest BCUT2D eigenvalue weighted by Crippen LogP contribution is -2.28. The summed E-state index contributed by atoms with van der Waals surface area (Å²) in [6.45, 7) is 0. The van der Waals surface area contributed by atoms with Crippen LogP contribution in [0.15, 0.2) is 212 Å². The number of hydrogen-bond donors (Lipinski definition) is 0. The van der Waals surface area contributed by atoms with Gasteiger partial charge in [0.2, 0.25) is 0 Å². The summed E-state index contributed by atoms with van der Waals surface area (Å²) >= 11 is 0. The Kier molecular flexibility index (Phi) is 7.30. The molecule has 1 aliphatic rings. The molecule has 264 valence electrons. The average molecular weight is 719 g/mol. The zero-order valence-electron chi connectivity index (χ0n) is 30.5. The van der Waals surface area contributed by atoms with Gasteiger partial charge < -0.3 is 9.47 Å². The highest BCUT2D eigenvalue weighted by Gasteiger charge is 2.46. The van der Waals surface area contributed by atoms with Crippen molar-refractivity contribution in [2.24, 2.45) is 0 Å². The van der Waals surface area contributed by atoms with Gasteiger partial charge >= 0.3 is 0 Å². The van der Waals surface area contributed by atoms with Crippen LogP contribution in [0.3, 0.4) is 0 Å². The SMILES string of the molecule is Fc1ccc(-n2c3ccccc3c3ccc(N(c4ccccc4)c4ccc5c(c4)C(c4ccccc4)(c4ccccc4)c4cc6ccccc6cc4-5)cc32)cc1. The number of para-hydroxylation sites is 2. The number of anilines is 3. The van der Waals surface area contributed by atoms with Crippen LogP contribution < -0.4 is 4.90 Å². The maximum atomic E-state index is 14.2. The molecule has 0 N–H and O–H groups in total. The lowest BCUT2D eigenvalue weighted by Gasteiger charge is -2.35. The van der Waals surface area contributed by atoms with Crippen molar-refractivity contribution in [3.63, 3.8) is 0 Å². The van der Waals surface area contributed by atoms with Crippen molar-refractivity contribution in [3.05, 3.63) is 240 Å². The number of rotatable bonds is 6.